The number of alkyl halides is 1. The first-order valence-electron chi connectivity index (χ1n) is 13.4. The Morgan fingerprint density at radius 2 is 1.71 bits per heavy atom. The highest BCUT2D eigenvalue weighted by Gasteiger charge is 2.31. The van der Waals surface area contributed by atoms with Crippen LogP contribution in [0.1, 0.15) is 81.0 Å². The number of fused-ring (bicyclic) bond motifs is 1. The molecule has 1 saturated carbocycles. The summed E-state index contributed by atoms with van der Waals surface area (Å²) >= 11 is 0. The van der Waals surface area contributed by atoms with Crippen LogP contribution in [-0.4, -0.2) is 31.2 Å². The van der Waals surface area contributed by atoms with Crippen LogP contribution in [-0.2, 0) is 6.42 Å². The van der Waals surface area contributed by atoms with Crippen LogP contribution < -0.4 is 0 Å². The molecule has 2 aromatic carbocycles. The van der Waals surface area contributed by atoms with E-state index in [1.54, 1.807) is 5.57 Å². The second-order valence-electron chi connectivity index (χ2n) is 11.5. The molecule has 34 heavy (non-hydrogen) atoms. The Labute approximate surface area is 205 Å². The SMILES string of the molecule is CC1(C)CCC(C2=C(c3ccc(C=C4CN(CCCF)C4)cc3)c3ccccc3CCC2)CC1. The van der Waals surface area contributed by atoms with Crippen molar-refractivity contribution in [1.29, 1.82) is 0 Å². The van der Waals surface area contributed by atoms with Gasteiger partial charge in [-0.3, -0.25) is 9.29 Å². The van der Waals surface area contributed by atoms with E-state index in [9.17, 15) is 4.39 Å². The molecule has 0 unspecified atom stereocenters. The van der Waals surface area contributed by atoms with E-state index in [2.05, 4.69) is 73.4 Å². The predicted octanol–water partition coefficient (Wildman–Crippen LogP) is 8.10. The van der Waals surface area contributed by atoms with E-state index < -0.39 is 0 Å². The van der Waals surface area contributed by atoms with E-state index in [0.717, 1.165) is 25.6 Å². The molecule has 2 fully saturated rings. The van der Waals surface area contributed by atoms with Gasteiger partial charge < -0.3 is 0 Å². The highest BCUT2D eigenvalue weighted by Crippen LogP contribution is 2.46. The summed E-state index contributed by atoms with van der Waals surface area (Å²) in [6.07, 6.45) is 12.0. The third-order valence-electron chi connectivity index (χ3n) is 8.36. The number of allylic oxidation sites excluding steroid dienone is 1. The van der Waals surface area contributed by atoms with Gasteiger partial charge in [-0.25, -0.2) is 0 Å². The Morgan fingerprint density at radius 1 is 0.971 bits per heavy atom. The minimum Gasteiger partial charge on any atom is -0.295 e. The Kier molecular flexibility index (Phi) is 7.06. The molecule has 0 radical (unpaired) electrons. The largest absolute Gasteiger partial charge is 0.295 e. The molecular weight excluding hydrogens is 417 g/mol. The summed E-state index contributed by atoms with van der Waals surface area (Å²) in [6.45, 7) is 7.52. The third-order valence-corrected chi connectivity index (χ3v) is 8.36. The van der Waals surface area contributed by atoms with Gasteiger partial charge in [-0.15, -0.1) is 0 Å². The maximum Gasteiger partial charge on any atom is 0.0906 e. The van der Waals surface area contributed by atoms with E-state index in [0.29, 0.717) is 11.8 Å². The molecule has 3 aliphatic rings. The van der Waals surface area contributed by atoms with Crippen molar-refractivity contribution in [3.8, 4) is 0 Å². The molecule has 2 heteroatoms. The zero-order valence-electron chi connectivity index (χ0n) is 21.1. The standard InChI is InChI=1S/C32H40FN/c1-32(2)17-15-27(16-18-32)30-10-5-8-26-7-3-4-9-29(26)31(30)28-13-11-24(12-14-28)21-25-22-34(23-25)20-6-19-33/h3-4,7,9,11-14,21,27H,5-6,8,10,15-20,22-23H2,1-2H3. The van der Waals surface area contributed by atoms with Crippen molar-refractivity contribution >= 4 is 11.6 Å². The summed E-state index contributed by atoms with van der Waals surface area (Å²) < 4.78 is 12.4. The van der Waals surface area contributed by atoms with E-state index >= 15 is 0 Å². The fraction of sp³-hybridized carbons (Fsp3) is 0.500. The van der Waals surface area contributed by atoms with E-state index in [1.165, 1.54) is 78.3 Å². The van der Waals surface area contributed by atoms with Gasteiger partial charge in [-0.1, -0.05) is 74.0 Å². The molecule has 5 rings (SSSR count). The highest BCUT2D eigenvalue weighted by atomic mass is 19.1. The maximum atomic E-state index is 12.4. The summed E-state index contributed by atoms with van der Waals surface area (Å²) in [6, 6.07) is 18.4. The van der Waals surface area contributed by atoms with Gasteiger partial charge in [-0.05, 0) is 96.1 Å². The maximum absolute atomic E-state index is 12.4. The summed E-state index contributed by atoms with van der Waals surface area (Å²) in [5.41, 5.74) is 10.8. The molecular formula is C32H40FN. The average molecular weight is 458 g/mol. The summed E-state index contributed by atoms with van der Waals surface area (Å²) in [5.74, 6) is 0.723. The number of halogens is 1. The third kappa shape index (κ3) is 5.23. The quantitative estimate of drug-likeness (QED) is 0.423. The summed E-state index contributed by atoms with van der Waals surface area (Å²) in [5, 5.41) is 0. The number of nitrogens with zero attached hydrogens (tertiary/aromatic N) is 1. The Morgan fingerprint density at radius 3 is 2.44 bits per heavy atom. The van der Waals surface area contributed by atoms with Gasteiger partial charge >= 0.3 is 0 Å². The lowest BCUT2D eigenvalue weighted by atomic mass is 9.69. The smallest absolute Gasteiger partial charge is 0.0906 e. The fourth-order valence-corrected chi connectivity index (χ4v) is 6.29. The first-order valence-corrected chi connectivity index (χ1v) is 13.4. The van der Waals surface area contributed by atoms with Crippen molar-refractivity contribution in [2.75, 3.05) is 26.3 Å². The van der Waals surface area contributed by atoms with Crippen LogP contribution in [0.25, 0.3) is 11.6 Å². The molecule has 0 bridgehead atoms. The lowest BCUT2D eigenvalue weighted by Crippen LogP contribution is -2.40. The van der Waals surface area contributed by atoms with Crippen LogP contribution in [0.3, 0.4) is 0 Å². The zero-order chi connectivity index (χ0) is 23.5. The second-order valence-corrected chi connectivity index (χ2v) is 11.5. The van der Waals surface area contributed by atoms with E-state index in [4.69, 9.17) is 0 Å². The van der Waals surface area contributed by atoms with Gasteiger partial charge in [0.15, 0.2) is 0 Å². The first-order chi connectivity index (χ1) is 16.5. The van der Waals surface area contributed by atoms with Gasteiger partial charge in [0.2, 0.25) is 0 Å². The van der Waals surface area contributed by atoms with Crippen molar-refractivity contribution in [3.63, 3.8) is 0 Å². The molecule has 1 saturated heterocycles. The number of hydrogen-bond acceptors (Lipinski definition) is 1. The lowest BCUT2D eigenvalue weighted by Gasteiger charge is -2.36. The normalized spacial score (nSPS) is 21.1. The Hall–Kier alpha value is -2.19. The fourth-order valence-electron chi connectivity index (χ4n) is 6.29. The highest BCUT2D eigenvalue weighted by molar-refractivity contribution is 5.84. The predicted molar refractivity (Wildman–Crippen MR) is 143 cm³/mol. The van der Waals surface area contributed by atoms with E-state index in [1.807, 2.05) is 0 Å². The van der Waals surface area contributed by atoms with Gasteiger partial charge in [0.25, 0.3) is 0 Å². The van der Waals surface area contributed by atoms with Gasteiger partial charge in [0.1, 0.15) is 0 Å². The number of rotatable bonds is 6. The molecule has 1 nitrogen and oxygen atoms in total. The van der Waals surface area contributed by atoms with Crippen molar-refractivity contribution in [1.82, 2.24) is 4.90 Å². The minimum atomic E-state index is -0.212. The minimum absolute atomic E-state index is 0.212. The lowest BCUT2D eigenvalue weighted by molar-refractivity contribution is 0.206. The van der Waals surface area contributed by atoms with Crippen molar-refractivity contribution in [2.24, 2.45) is 11.3 Å². The van der Waals surface area contributed by atoms with Gasteiger partial charge in [-0.2, -0.15) is 0 Å². The molecule has 1 aliphatic heterocycles. The molecule has 0 aromatic heterocycles. The molecule has 180 valence electrons. The van der Waals surface area contributed by atoms with Crippen LogP contribution >= 0.6 is 0 Å². The van der Waals surface area contributed by atoms with E-state index in [-0.39, 0.29) is 6.67 Å². The van der Waals surface area contributed by atoms with Crippen molar-refractivity contribution < 1.29 is 4.39 Å². The molecule has 0 amide bonds. The topological polar surface area (TPSA) is 3.24 Å². The van der Waals surface area contributed by atoms with Crippen LogP contribution in [0.4, 0.5) is 4.39 Å². The monoisotopic (exact) mass is 457 g/mol. The number of benzene rings is 2. The Bertz CT molecular complexity index is 1040. The molecule has 2 aromatic rings. The second kappa shape index (κ2) is 10.2. The van der Waals surface area contributed by atoms with Crippen molar-refractivity contribution in [2.45, 2.75) is 65.2 Å². The van der Waals surface area contributed by atoms with Crippen molar-refractivity contribution in [3.05, 3.63) is 81.9 Å². The first kappa shape index (κ1) is 23.5. The van der Waals surface area contributed by atoms with Crippen LogP contribution in [0.5, 0.6) is 0 Å². The summed E-state index contributed by atoms with van der Waals surface area (Å²) in [7, 11) is 0. The molecule has 0 N–H and O–H groups in total. The van der Waals surface area contributed by atoms with Gasteiger partial charge in [0, 0.05) is 19.6 Å². The average Bonchev–Trinajstić information content (AvgIpc) is 3.01. The molecule has 0 atom stereocenters. The molecule has 0 spiro atoms. The van der Waals surface area contributed by atoms with Gasteiger partial charge in [0.05, 0.1) is 6.67 Å². The van der Waals surface area contributed by atoms with Crippen LogP contribution in [0.15, 0.2) is 59.7 Å². The van der Waals surface area contributed by atoms with Crippen LogP contribution in [0.2, 0.25) is 0 Å². The number of aryl methyl sites for hydroxylation is 1. The zero-order valence-corrected chi connectivity index (χ0v) is 21.1. The Balaban J connectivity index is 1.43. The molecule has 1 heterocycles. The summed E-state index contributed by atoms with van der Waals surface area (Å²) in [4.78, 5) is 2.32. The van der Waals surface area contributed by atoms with Crippen LogP contribution in [0, 0.1) is 11.3 Å². The molecule has 2 aliphatic carbocycles. The number of hydrogen-bond donors (Lipinski definition) is 0. The number of likely N-dealkylation sites (tertiary alicyclic amines) is 1.